The first kappa shape index (κ1) is 17.4. The van der Waals surface area contributed by atoms with Crippen LogP contribution < -0.4 is 5.32 Å². The Labute approximate surface area is 149 Å². The third kappa shape index (κ3) is 3.78. The lowest BCUT2D eigenvalue weighted by Crippen LogP contribution is -2.42. The van der Waals surface area contributed by atoms with Crippen LogP contribution in [0, 0.1) is 10.1 Å². The van der Waals surface area contributed by atoms with Crippen molar-refractivity contribution in [3.05, 3.63) is 62.0 Å². The monoisotopic (exact) mass is 366 g/mol. The standard InChI is InChI=1S/C17H19ClN2O3S/c18-15-4-2-1-3-14(15)17(5-7-23-8-6-17)12-19-10-13-9-16(20(21)22)24-11-13/h1-4,9,11,19H,5-8,10,12H2. The van der Waals surface area contributed by atoms with Crippen LogP contribution in [0.5, 0.6) is 0 Å². The zero-order chi connectivity index (χ0) is 17.0. The van der Waals surface area contributed by atoms with E-state index in [4.69, 9.17) is 16.3 Å². The van der Waals surface area contributed by atoms with Crippen LogP contribution in [0.4, 0.5) is 5.00 Å². The summed E-state index contributed by atoms with van der Waals surface area (Å²) in [4.78, 5) is 10.4. The van der Waals surface area contributed by atoms with Crippen LogP contribution >= 0.6 is 22.9 Å². The number of rotatable bonds is 6. The van der Waals surface area contributed by atoms with Gasteiger partial charge in [-0.05, 0) is 30.0 Å². The summed E-state index contributed by atoms with van der Waals surface area (Å²) in [5.74, 6) is 0. The van der Waals surface area contributed by atoms with Gasteiger partial charge in [-0.3, -0.25) is 10.1 Å². The minimum atomic E-state index is -0.349. The number of thiophene rings is 1. The summed E-state index contributed by atoms with van der Waals surface area (Å²) in [5.41, 5.74) is 2.03. The van der Waals surface area contributed by atoms with Crippen LogP contribution in [0.3, 0.4) is 0 Å². The van der Waals surface area contributed by atoms with E-state index < -0.39 is 0 Å². The van der Waals surface area contributed by atoms with Gasteiger partial charge in [-0.15, -0.1) is 0 Å². The maximum Gasteiger partial charge on any atom is 0.324 e. The Bertz CT molecular complexity index is 713. The normalized spacial score (nSPS) is 16.9. The van der Waals surface area contributed by atoms with Crippen molar-refractivity contribution in [3.63, 3.8) is 0 Å². The largest absolute Gasteiger partial charge is 0.381 e. The molecule has 1 aromatic carbocycles. The highest BCUT2D eigenvalue weighted by Crippen LogP contribution is 2.38. The Kier molecular flexibility index (Phi) is 5.50. The molecule has 1 saturated heterocycles. The minimum Gasteiger partial charge on any atom is -0.381 e. The SMILES string of the molecule is O=[N+]([O-])c1cc(CNCC2(c3ccccc3Cl)CCOCC2)cs1. The van der Waals surface area contributed by atoms with Crippen molar-refractivity contribution in [3.8, 4) is 0 Å². The summed E-state index contributed by atoms with van der Waals surface area (Å²) in [6, 6.07) is 9.60. The quantitative estimate of drug-likeness (QED) is 0.616. The summed E-state index contributed by atoms with van der Waals surface area (Å²) < 4.78 is 5.54. The van der Waals surface area contributed by atoms with E-state index in [0.717, 1.165) is 60.1 Å². The molecule has 2 heterocycles. The summed E-state index contributed by atoms with van der Waals surface area (Å²) in [6.45, 7) is 2.81. The molecule has 5 nitrogen and oxygen atoms in total. The van der Waals surface area contributed by atoms with Crippen molar-refractivity contribution >= 4 is 27.9 Å². The first-order valence-electron chi connectivity index (χ1n) is 7.86. The van der Waals surface area contributed by atoms with Crippen molar-refractivity contribution in [2.24, 2.45) is 0 Å². The number of hydrogen-bond donors (Lipinski definition) is 1. The van der Waals surface area contributed by atoms with E-state index in [-0.39, 0.29) is 15.3 Å². The first-order valence-corrected chi connectivity index (χ1v) is 9.12. The van der Waals surface area contributed by atoms with Crippen LogP contribution in [0.15, 0.2) is 35.7 Å². The summed E-state index contributed by atoms with van der Waals surface area (Å²) >= 11 is 7.60. The molecule has 0 spiro atoms. The van der Waals surface area contributed by atoms with Gasteiger partial charge in [0, 0.05) is 48.2 Å². The second-order valence-corrected chi connectivity index (χ2v) is 7.32. The van der Waals surface area contributed by atoms with E-state index in [0.29, 0.717) is 6.54 Å². The molecule has 0 saturated carbocycles. The molecule has 1 aliphatic heterocycles. The van der Waals surface area contributed by atoms with Gasteiger partial charge in [-0.25, -0.2) is 0 Å². The van der Waals surface area contributed by atoms with Gasteiger partial charge in [-0.1, -0.05) is 41.1 Å². The van der Waals surface area contributed by atoms with E-state index >= 15 is 0 Å². The topological polar surface area (TPSA) is 64.4 Å². The first-order chi connectivity index (χ1) is 11.6. The molecule has 24 heavy (non-hydrogen) atoms. The van der Waals surface area contributed by atoms with Crippen LogP contribution in [-0.2, 0) is 16.7 Å². The van der Waals surface area contributed by atoms with Gasteiger partial charge in [-0.2, -0.15) is 0 Å². The molecular formula is C17H19ClN2O3S. The van der Waals surface area contributed by atoms with Crippen LogP contribution in [0.1, 0.15) is 24.0 Å². The molecule has 0 radical (unpaired) electrons. The van der Waals surface area contributed by atoms with Crippen molar-refractivity contribution in [2.45, 2.75) is 24.8 Å². The average molecular weight is 367 g/mol. The summed E-state index contributed by atoms with van der Waals surface area (Å²) in [6.07, 6.45) is 1.82. The van der Waals surface area contributed by atoms with Crippen molar-refractivity contribution in [1.82, 2.24) is 5.32 Å². The van der Waals surface area contributed by atoms with Gasteiger partial charge in [0.2, 0.25) is 0 Å². The van der Waals surface area contributed by atoms with E-state index in [2.05, 4.69) is 11.4 Å². The molecule has 0 atom stereocenters. The number of halogens is 1. The smallest absolute Gasteiger partial charge is 0.324 e. The Balaban J connectivity index is 1.71. The zero-order valence-corrected chi connectivity index (χ0v) is 14.7. The fourth-order valence-corrected chi connectivity index (χ4v) is 4.26. The fourth-order valence-electron chi connectivity index (χ4n) is 3.19. The average Bonchev–Trinajstić information content (AvgIpc) is 3.05. The van der Waals surface area contributed by atoms with Crippen molar-refractivity contribution in [1.29, 1.82) is 0 Å². The molecule has 0 amide bonds. The zero-order valence-electron chi connectivity index (χ0n) is 13.2. The molecule has 0 aliphatic carbocycles. The molecule has 0 bridgehead atoms. The van der Waals surface area contributed by atoms with Gasteiger partial charge in [0.25, 0.3) is 0 Å². The molecule has 1 aliphatic rings. The Morgan fingerprint density at radius 2 is 2.08 bits per heavy atom. The number of nitrogens with one attached hydrogen (secondary N) is 1. The van der Waals surface area contributed by atoms with Crippen molar-refractivity contribution in [2.75, 3.05) is 19.8 Å². The van der Waals surface area contributed by atoms with Crippen LogP contribution in [-0.4, -0.2) is 24.7 Å². The predicted molar refractivity (Wildman–Crippen MR) is 95.9 cm³/mol. The molecule has 1 N–H and O–H groups in total. The van der Waals surface area contributed by atoms with Crippen LogP contribution in [0.25, 0.3) is 0 Å². The van der Waals surface area contributed by atoms with Gasteiger partial charge in [0.05, 0.1) is 4.92 Å². The van der Waals surface area contributed by atoms with E-state index in [1.165, 1.54) is 0 Å². The number of benzene rings is 1. The highest BCUT2D eigenvalue weighted by atomic mass is 35.5. The fraction of sp³-hybridized carbons (Fsp3) is 0.412. The Morgan fingerprint density at radius 1 is 1.33 bits per heavy atom. The second-order valence-electron chi connectivity index (χ2n) is 6.03. The molecule has 1 aromatic heterocycles. The van der Waals surface area contributed by atoms with E-state index in [1.807, 2.05) is 23.6 Å². The van der Waals surface area contributed by atoms with Crippen molar-refractivity contribution < 1.29 is 9.66 Å². The Morgan fingerprint density at radius 3 is 2.75 bits per heavy atom. The molecular weight excluding hydrogens is 348 g/mol. The number of nitrogens with zero attached hydrogens (tertiary/aromatic N) is 1. The maximum absolute atomic E-state index is 10.8. The van der Waals surface area contributed by atoms with Gasteiger partial charge >= 0.3 is 5.00 Å². The van der Waals surface area contributed by atoms with Gasteiger partial charge in [0.1, 0.15) is 0 Å². The molecule has 2 aromatic rings. The maximum atomic E-state index is 10.8. The highest BCUT2D eigenvalue weighted by molar-refractivity contribution is 7.13. The van der Waals surface area contributed by atoms with E-state index in [9.17, 15) is 10.1 Å². The number of ether oxygens (including phenoxy) is 1. The summed E-state index contributed by atoms with van der Waals surface area (Å²) in [7, 11) is 0. The molecule has 3 rings (SSSR count). The van der Waals surface area contributed by atoms with Crippen LogP contribution in [0.2, 0.25) is 5.02 Å². The molecule has 1 fully saturated rings. The van der Waals surface area contributed by atoms with Gasteiger partial charge < -0.3 is 10.1 Å². The lowest BCUT2D eigenvalue weighted by molar-refractivity contribution is -0.380. The minimum absolute atomic E-state index is 0.0570. The lowest BCUT2D eigenvalue weighted by Gasteiger charge is -2.38. The number of hydrogen-bond acceptors (Lipinski definition) is 5. The number of nitro groups is 1. The third-order valence-corrected chi connectivity index (χ3v) is 5.77. The predicted octanol–water partition coefficient (Wildman–Crippen LogP) is 4.15. The molecule has 0 unspecified atom stereocenters. The van der Waals surface area contributed by atoms with E-state index in [1.54, 1.807) is 6.07 Å². The second kappa shape index (κ2) is 7.61. The molecule has 128 valence electrons. The third-order valence-electron chi connectivity index (χ3n) is 4.51. The molecule has 7 heteroatoms. The highest BCUT2D eigenvalue weighted by Gasteiger charge is 2.35. The van der Waals surface area contributed by atoms with Gasteiger partial charge in [0.15, 0.2) is 0 Å². The Hall–Kier alpha value is -1.47. The lowest BCUT2D eigenvalue weighted by atomic mass is 9.74. The summed E-state index contributed by atoms with van der Waals surface area (Å²) in [5, 5.41) is 17.0.